The number of likely N-dealkylation sites (tertiary alicyclic amines) is 2. The van der Waals surface area contributed by atoms with Crippen molar-refractivity contribution in [2.45, 2.75) is 101 Å². The first-order valence-corrected chi connectivity index (χ1v) is 21.6. The molecule has 6 heterocycles. The summed E-state index contributed by atoms with van der Waals surface area (Å²) in [7, 11) is -1.18. The zero-order valence-electron chi connectivity index (χ0n) is 29.8. The molecule has 0 atom stereocenters. The Hall–Kier alpha value is -3.95. The number of rotatable bonds is 13. The maximum Gasteiger partial charge on any atom is 0.451 e. The van der Waals surface area contributed by atoms with Crippen molar-refractivity contribution in [1.82, 2.24) is 44.1 Å². The number of aromatic nitrogens is 7. The lowest BCUT2D eigenvalue weighted by atomic mass is 9.69. The summed E-state index contributed by atoms with van der Waals surface area (Å²) in [6.07, 6.45) is 4.98. The number of piperidine rings is 1. The molecule has 0 bridgehead atoms. The number of alkyl halides is 3. The third kappa shape index (κ3) is 8.00. The summed E-state index contributed by atoms with van der Waals surface area (Å²) >= 11 is 0. The molecule has 3 fully saturated rings. The van der Waals surface area contributed by atoms with Crippen LogP contribution in [0.3, 0.4) is 0 Å². The minimum atomic E-state index is -4.70. The number of nitrogens with zero attached hydrogens (tertiary/aromatic N) is 10. The number of halogens is 3. The highest BCUT2D eigenvalue weighted by Gasteiger charge is 2.49. The maximum atomic E-state index is 13.6. The molecular formula is C35H45F3N10O3Si. The van der Waals surface area contributed by atoms with Gasteiger partial charge in [0.1, 0.15) is 24.8 Å². The van der Waals surface area contributed by atoms with E-state index in [9.17, 15) is 23.5 Å². The normalized spacial score (nSPS) is 22.3. The number of aliphatic hydroxyl groups excluding tert-OH is 1. The van der Waals surface area contributed by atoms with Crippen molar-refractivity contribution < 1.29 is 27.8 Å². The van der Waals surface area contributed by atoms with Gasteiger partial charge in [0.05, 0.1) is 41.7 Å². The molecule has 2 aliphatic heterocycles. The topological polar surface area (TPSA) is 143 Å². The summed E-state index contributed by atoms with van der Waals surface area (Å²) in [5.74, 6) is -1.30. The number of hydrogen-bond donors (Lipinski definition) is 1. The third-order valence-electron chi connectivity index (χ3n) is 10.4. The number of ether oxygens (including phenoxy) is 2. The minimum Gasteiger partial charge on any atom is -0.474 e. The van der Waals surface area contributed by atoms with Crippen LogP contribution < -0.4 is 4.74 Å². The summed E-state index contributed by atoms with van der Waals surface area (Å²) in [5, 5.41) is 25.0. The van der Waals surface area contributed by atoms with Crippen LogP contribution in [-0.4, -0.2) is 108 Å². The standard InChI is InChI=1S/C35H45F3N10O3Si/c1-52(2,3)13-12-50-23-47-11-6-29-31(40-22-41-32(29)47)24-17-42-48(18-24)34(7-8-39)15-26(16-34)46-9-4-28(5-10-46)51-30-14-25(19-45-20-27(49)21-45)43-33(44-30)35(36,37)38/h6,11,14,17-18,22,26-28,49H,4-5,7,9-10,12-13,15-16,19-21,23H2,1-3H3/t26-,34-. The van der Waals surface area contributed by atoms with Gasteiger partial charge < -0.3 is 19.1 Å². The van der Waals surface area contributed by atoms with E-state index in [1.54, 1.807) is 12.5 Å². The Morgan fingerprint density at radius 1 is 1.12 bits per heavy atom. The molecule has 3 aliphatic rings. The molecule has 0 aromatic carbocycles. The molecular weight excluding hydrogens is 694 g/mol. The lowest BCUT2D eigenvalue weighted by molar-refractivity contribution is -0.145. The molecule has 0 radical (unpaired) electrons. The molecule has 0 amide bonds. The molecule has 1 saturated carbocycles. The maximum absolute atomic E-state index is 13.6. The van der Waals surface area contributed by atoms with Crippen molar-refractivity contribution in [2.75, 3.05) is 32.8 Å². The van der Waals surface area contributed by atoms with Crippen LogP contribution in [0.2, 0.25) is 25.7 Å². The molecule has 13 nitrogen and oxygen atoms in total. The molecule has 52 heavy (non-hydrogen) atoms. The van der Waals surface area contributed by atoms with Gasteiger partial charge in [-0.25, -0.2) is 15.0 Å². The fraction of sp³-hybridized carbons (Fsp3) is 0.600. The average molecular weight is 739 g/mol. The third-order valence-corrected chi connectivity index (χ3v) is 12.1. The van der Waals surface area contributed by atoms with Crippen molar-refractivity contribution >= 4 is 19.1 Å². The average Bonchev–Trinajstić information content (AvgIpc) is 3.72. The van der Waals surface area contributed by atoms with E-state index < -0.39 is 31.7 Å². The summed E-state index contributed by atoms with van der Waals surface area (Å²) in [6.45, 7) is 10.5. The van der Waals surface area contributed by atoms with Gasteiger partial charge in [0.15, 0.2) is 0 Å². The van der Waals surface area contributed by atoms with Crippen molar-refractivity contribution in [1.29, 1.82) is 5.26 Å². The summed E-state index contributed by atoms with van der Waals surface area (Å²) in [4.78, 5) is 20.7. The van der Waals surface area contributed by atoms with E-state index >= 15 is 0 Å². The van der Waals surface area contributed by atoms with Gasteiger partial charge >= 0.3 is 6.18 Å². The highest BCUT2D eigenvalue weighted by Crippen LogP contribution is 2.46. The number of nitriles is 1. The van der Waals surface area contributed by atoms with Gasteiger partial charge in [-0.3, -0.25) is 14.5 Å². The molecule has 2 saturated heterocycles. The largest absolute Gasteiger partial charge is 0.474 e. The highest BCUT2D eigenvalue weighted by molar-refractivity contribution is 6.76. The van der Waals surface area contributed by atoms with E-state index in [0.717, 1.165) is 60.9 Å². The second-order valence-electron chi connectivity index (χ2n) is 15.6. The van der Waals surface area contributed by atoms with Crippen LogP contribution in [0.5, 0.6) is 5.88 Å². The Bertz CT molecular complexity index is 1900. The fourth-order valence-corrected chi connectivity index (χ4v) is 8.15. The van der Waals surface area contributed by atoms with E-state index in [0.29, 0.717) is 39.1 Å². The van der Waals surface area contributed by atoms with Crippen LogP contribution in [0.4, 0.5) is 13.2 Å². The fourth-order valence-electron chi connectivity index (χ4n) is 7.39. The Balaban J connectivity index is 0.964. The molecule has 17 heteroatoms. The van der Waals surface area contributed by atoms with E-state index in [-0.39, 0.29) is 30.3 Å². The van der Waals surface area contributed by atoms with Crippen molar-refractivity contribution in [3.63, 3.8) is 0 Å². The lowest BCUT2D eigenvalue weighted by Gasteiger charge is -2.52. The molecule has 1 aliphatic carbocycles. The van der Waals surface area contributed by atoms with Crippen LogP contribution in [0.1, 0.15) is 43.6 Å². The van der Waals surface area contributed by atoms with Gasteiger partial charge in [-0.2, -0.15) is 28.5 Å². The van der Waals surface area contributed by atoms with Gasteiger partial charge in [0.2, 0.25) is 11.7 Å². The van der Waals surface area contributed by atoms with E-state index in [1.807, 2.05) is 32.6 Å². The van der Waals surface area contributed by atoms with Crippen molar-refractivity contribution in [2.24, 2.45) is 0 Å². The van der Waals surface area contributed by atoms with E-state index in [4.69, 9.17) is 14.6 Å². The number of hydrogen-bond acceptors (Lipinski definition) is 11. The lowest BCUT2D eigenvalue weighted by Crippen LogP contribution is -2.58. The van der Waals surface area contributed by atoms with Crippen LogP contribution in [0.25, 0.3) is 22.3 Å². The zero-order valence-corrected chi connectivity index (χ0v) is 30.8. The van der Waals surface area contributed by atoms with Crippen LogP contribution in [0.15, 0.2) is 37.1 Å². The predicted molar refractivity (Wildman–Crippen MR) is 188 cm³/mol. The van der Waals surface area contributed by atoms with Crippen molar-refractivity contribution in [3.8, 4) is 23.2 Å². The molecule has 1 N–H and O–H groups in total. The Labute approximate surface area is 301 Å². The monoisotopic (exact) mass is 738 g/mol. The quantitative estimate of drug-likeness (QED) is 0.148. The second kappa shape index (κ2) is 14.5. The molecule has 0 unspecified atom stereocenters. The van der Waals surface area contributed by atoms with Gasteiger partial charge in [0, 0.05) is 82.9 Å². The van der Waals surface area contributed by atoms with Gasteiger partial charge in [-0.1, -0.05) is 19.6 Å². The molecule has 7 rings (SSSR count). The number of aliphatic hydroxyl groups is 1. The SMILES string of the molecule is C[Si](C)(C)CCOCn1ccc2c(-c3cnn([C@]4(CC#N)C[C@@H](N5CCC(Oc6cc(CN7CC(O)C7)nc(C(F)(F)F)n6)CC5)C4)c3)ncnc21. The zero-order chi connectivity index (χ0) is 36.7. The smallest absolute Gasteiger partial charge is 0.451 e. The minimum absolute atomic E-state index is 0.0775. The second-order valence-corrected chi connectivity index (χ2v) is 21.2. The van der Waals surface area contributed by atoms with Crippen molar-refractivity contribution in [3.05, 3.63) is 48.6 Å². The van der Waals surface area contributed by atoms with Crippen LogP contribution in [-0.2, 0) is 29.7 Å². The number of β-amino-alcohol motifs (C(OH)–C–C–N with tert-alkyl or cyclic N) is 1. The van der Waals surface area contributed by atoms with E-state index in [2.05, 4.69) is 50.5 Å². The first-order valence-electron chi connectivity index (χ1n) is 17.8. The van der Waals surface area contributed by atoms with Crippen LogP contribution >= 0.6 is 0 Å². The first-order chi connectivity index (χ1) is 24.8. The molecule has 278 valence electrons. The molecule has 0 spiro atoms. The molecule has 4 aromatic rings. The summed E-state index contributed by atoms with van der Waals surface area (Å²) < 4.78 is 56.7. The Morgan fingerprint density at radius 2 is 1.88 bits per heavy atom. The Morgan fingerprint density at radius 3 is 2.58 bits per heavy atom. The summed E-state index contributed by atoms with van der Waals surface area (Å²) in [5.41, 5.74) is 2.20. The van der Waals surface area contributed by atoms with Gasteiger partial charge in [-0.15, -0.1) is 0 Å². The van der Waals surface area contributed by atoms with Gasteiger partial charge in [0.25, 0.3) is 0 Å². The first kappa shape index (κ1) is 36.4. The highest BCUT2D eigenvalue weighted by atomic mass is 28.3. The number of fused-ring (bicyclic) bond motifs is 1. The Kier molecular flexibility index (Phi) is 10.1. The molecule has 4 aromatic heterocycles. The summed E-state index contributed by atoms with van der Waals surface area (Å²) in [6, 6.07) is 7.19. The van der Waals surface area contributed by atoms with Crippen LogP contribution in [0, 0.1) is 11.3 Å². The van der Waals surface area contributed by atoms with E-state index in [1.165, 1.54) is 6.07 Å². The van der Waals surface area contributed by atoms with Gasteiger partial charge in [-0.05, 0) is 37.8 Å². The predicted octanol–water partition coefficient (Wildman–Crippen LogP) is 4.91.